The molecular formula is C29H28FN7O3. The molecular weight excluding hydrogens is 513 g/mol. The molecule has 11 heteroatoms. The maximum atomic E-state index is 13.6. The van der Waals surface area contributed by atoms with Crippen molar-refractivity contribution in [1.29, 1.82) is 5.26 Å². The molecule has 1 aliphatic heterocycles. The Balaban J connectivity index is 1.32. The number of nitriles is 1. The topological polar surface area (TPSA) is 129 Å². The monoisotopic (exact) mass is 541 g/mol. The van der Waals surface area contributed by atoms with Crippen LogP contribution in [0.3, 0.4) is 0 Å². The number of carbonyl (C=O) groups excluding carboxylic acids is 1. The van der Waals surface area contributed by atoms with E-state index in [1.165, 1.54) is 17.0 Å². The molecule has 10 nitrogen and oxygen atoms in total. The van der Waals surface area contributed by atoms with Crippen LogP contribution in [0.25, 0.3) is 22.6 Å². The molecule has 204 valence electrons. The van der Waals surface area contributed by atoms with E-state index in [4.69, 9.17) is 14.5 Å². The number of carbonyl (C=O) groups is 1. The number of rotatable bonds is 8. The summed E-state index contributed by atoms with van der Waals surface area (Å²) in [5, 5.41) is 12.2. The van der Waals surface area contributed by atoms with Gasteiger partial charge in [0.25, 0.3) is 0 Å². The lowest BCUT2D eigenvalue weighted by Crippen LogP contribution is -2.45. The van der Waals surface area contributed by atoms with Crippen molar-refractivity contribution in [2.75, 3.05) is 31.7 Å². The Bertz CT molecular complexity index is 1510. The molecule has 3 heterocycles. The van der Waals surface area contributed by atoms with E-state index >= 15 is 0 Å². The first-order valence-corrected chi connectivity index (χ1v) is 12.7. The molecule has 0 saturated carbocycles. The van der Waals surface area contributed by atoms with Gasteiger partial charge >= 0.3 is 0 Å². The van der Waals surface area contributed by atoms with Gasteiger partial charge in [0.1, 0.15) is 5.82 Å². The summed E-state index contributed by atoms with van der Waals surface area (Å²) >= 11 is 0. The highest BCUT2D eigenvalue weighted by molar-refractivity contribution is 5.78. The van der Waals surface area contributed by atoms with Crippen molar-refractivity contribution in [2.24, 2.45) is 5.41 Å². The second-order valence-corrected chi connectivity index (χ2v) is 9.96. The number of imidazole rings is 1. The number of hydrogen-bond acceptors (Lipinski definition) is 8. The van der Waals surface area contributed by atoms with Gasteiger partial charge in [-0.05, 0) is 35.9 Å². The van der Waals surface area contributed by atoms with Crippen molar-refractivity contribution in [3.8, 4) is 28.8 Å². The average Bonchev–Trinajstić information content (AvgIpc) is 3.43. The SMILES string of the molecule is CN(C#N)c1nccc(-c2[nH]c(C3OCC(C)(CNC(=O)Cc4ccccc4)CO3)nc2-c2ccc(F)cc2)n1. The van der Waals surface area contributed by atoms with E-state index in [0.29, 0.717) is 54.6 Å². The third kappa shape index (κ3) is 6.14. The first-order valence-electron chi connectivity index (χ1n) is 12.7. The predicted molar refractivity (Wildman–Crippen MR) is 145 cm³/mol. The van der Waals surface area contributed by atoms with Gasteiger partial charge in [-0.1, -0.05) is 37.3 Å². The van der Waals surface area contributed by atoms with Crippen LogP contribution in [0.2, 0.25) is 0 Å². The van der Waals surface area contributed by atoms with Crippen LogP contribution in [0, 0.1) is 22.7 Å². The molecule has 0 bridgehead atoms. The van der Waals surface area contributed by atoms with E-state index in [1.54, 1.807) is 31.4 Å². The molecule has 1 amide bonds. The van der Waals surface area contributed by atoms with Crippen LogP contribution in [0.4, 0.5) is 10.3 Å². The fourth-order valence-electron chi connectivity index (χ4n) is 4.26. The molecule has 1 aliphatic rings. The van der Waals surface area contributed by atoms with Crippen molar-refractivity contribution >= 4 is 11.9 Å². The normalized spacial score (nSPS) is 18.6. The van der Waals surface area contributed by atoms with E-state index in [-0.39, 0.29) is 17.7 Å². The fraction of sp³-hybridized carbons (Fsp3) is 0.276. The number of aromatic amines is 1. The van der Waals surface area contributed by atoms with Gasteiger partial charge in [-0.25, -0.2) is 19.3 Å². The second kappa shape index (κ2) is 11.6. The quantitative estimate of drug-likeness (QED) is 0.253. The lowest BCUT2D eigenvalue weighted by molar-refractivity contribution is -0.232. The van der Waals surface area contributed by atoms with Crippen LogP contribution >= 0.6 is 0 Å². The van der Waals surface area contributed by atoms with Crippen molar-refractivity contribution < 1.29 is 18.7 Å². The summed E-state index contributed by atoms with van der Waals surface area (Å²) in [6.45, 7) is 3.04. The molecule has 4 aromatic rings. The lowest BCUT2D eigenvalue weighted by Gasteiger charge is -2.36. The van der Waals surface area contributed by atoms with Gasteiger partial charge in [0.2, 0.25) is 18.1 Å². The summed E-state index contributed by atoms with van der Waals surface area (Å²) in [5.74, 6) is 0.199. The van der Waals surface area contributed by atoms with Crippen LogP contribution < -0.4 is 10.2 Å². The van der Waals surface area contributed by atoms with E-state index in [1.807, 2.05) is 43.4 Å². The zero-order valence-electron chi connectivity index (χ0n) is 22.1. The Hall–Kier alpha value is -4.66. The summed E-state index contributed by atoms with van der Waals surface area (Å²) in [5.41, 5.74) is 2.74. The minimum absolute atomic E-state index is 0.0690. The maximum absolute atomic E-state index is 13.6. The number of nitrogens with one attached hydrogen (secondary N) is 2. The minimum atomic E-state index is -0.788. The number of aromatic nitrogens is 4. The van der Waals surface area contributed by atoms with Gasteiger partial charge < -0.3 is 19.8 Å². The largest absolute Gasteiger partial charge is 0.355 e. The van der Waals surface area contributed by atoms with Crippen LogP contribution in [0.15, 0.2) is 66.9 Å². The van der Waals surface area contributed by atoms with Crippen molar-refractivity contribution in [3.63, 3.8) is 0 Å². The molecule has 2 aromatic carbocycles. The number of ether oxygens (including phenoxy) is 2. The molecule has 1 fully saturated rings. The van der Waals surface area contributed by atoms with E-state index in [2.05, 4.69) is 20.3 Å². The highest BCUT2D eigenvalue weighted by Gasteiger charge is 2.35. The number of amides is 1. The maximum Gasteiger partial charge on any atom is 0.239 e. The fourth-order valence-corrected chi connectivity index (χ4v) is 4.26. The number of hydrogen-bond donors (Lipinski definition) is 2. The number of halogens is 1. The number of benzene rings is 2. The first-order chi connectivity index (χ1) is 19.3. The van der Waals surface area contributed by atoms with Crippen molar-refractivity contribution in [1.82, 2.24) is 25.3 Å². The molecule has 0 atom stereocenters. The Kier molecular flexibility index (Phi) is 7.82. The zero-order chi connectivity index (χ0) is 28.1. The molecule has 2 aromatic heterocycles. The minimum Gasteiger partial charge on any atom is -0.355 e. The van der Waals surface area contributed by atoms with Gasteiger partial charge in [-0.2, -0.15) is 5.26 Å². The zero-order valence-corrected chi connectivity index (χ0v) is 22.1. The molecule has 5 rings (SSSR count). The summed E-state index contributed by atoms with van der Waals surface area (Å²) in [6.07, 6.45) is 3.04. The molecule has 40 heavy (non-hydrogen) atoms. The highest BCUT2D eigenvalue weighted by atomic mass is 19.1. The molecule has 0 unspecified atom stereocenters. The van der Waals surface area contributed by atoms with Crippen LogP contribution in [-0.2, 0) is 20.7 Å². The van der Waals surface area contributed by atoms with Gasteiger partial charge in [-0.3, -0.25) is 9.69 Å². The van der Waals surface area contributed by atoms with Gasteiger partial charge in [0, 0.05) is 30.8 Å². The Morgan fingerprint density at radius 1 is 1.15 bits per heavy atom. The smallest absolute Gasteiger partial charge is 0.239 e. The average molecular weight is 542 g/mol. The summed E-state index contributed by atoms with van der Waals surface area (Å²) in [4.78, 5) is 30.3. The standard InChI is InChI=1S/C29H28FN7O3/c1-29(15-33-23(38)14-19-6-4-3-5-7-19)16-39-27(40-17-29)26-35-24(20-8-10-21(30)11-9-20)25(36-26)22-12-13-32-28(34-22)37(2)18-31/h3-13,27H,14-17H2,1-2H3,(H,33,38)(H,35,36). The van der Waals surface area contributed by atoms with Crippen LogP contribution in [0.5, 0.6) is 0 Å². The summed E-state index contributed by atoms with van der Waals surface area (Å²) in [7, 11) is 1.56. The number of nitrogens with zero attached hydrogens (tertiary/aromatic N) is 5. The number of anilines is 1. The first kappa shape index (κ1) is 26.9. The van der Waals surface area contributed by atoms with Crippen molar-refractivity contribution in [3.05, 3.63) is 84.1 Å². The van der Waals surface area contributed by atoms with E-state index in [0.717, 1.165) is 5.56 Å². The molecule has 0 radical (unpaired) electrons. The van der Waals surface area contributed by atoms with Crippen molar-refractivity contribution in [2.45, 2.75) is 19.6 Å². The molecule has 0 aliphatic carbocycles. The Labute approximate surface area is 230 Å². The van der Waals surface area contributed by atoms with E-state index in [9.17, 15) is 14.4 Å². The molecule has 2 N–H and O–H groups in total. The highest BCUT2D eigenvalue weighted by Crippen LogP contribution is 2.35. The third-order valence-electron chi connectivity index (χ3n) is 6.50. The third-order valence-corrected chi connectivity index (χ3v) is 6.50. The predicted octanol–water partition coefficient (Wildman–Crippen LogP) is 4.00. The lowest BCUT2D eigenvalue weighted by atomic mass is 9.92. The summed E-state index contributed by atoms with van der Waals surface area (Å²) in [6, 6.07) is 17.2. The Morgan fingerprint density at radius 2 is 1.88 bits per heavy atom. The Morgan fingerprint density at radius 3 is 2.58 bits per heavy atom. The van der Waals surface area contributed by atoms with Gasteiger partial charge in [-0.15, -0.1) is 0 Å². The van der Waals surface area contributed by atoms with Gasteiger partial charge in [0.05, 0.1) is 36.7 Å². The van der Waals surface area contributed by atoms with Crippen LogP contribution in [-0.4, -0.2) is 52.6 Å². The van der Waals surface area contributed by atoms with E-state index < -0.39 is 11.7 Å². The number of H-pyrrole nitrogens is 1. The summed E-state index contributed by atoms with van der Waals surface area (Å²) < 4.78 is 25.8. The molecule has 0 spiro atoms. The second-order valence-electron chi connectivity index (χ2n) is 9.96. The van der Waals surface area contributed by atoms with Gasteiger partial charge in [0.15, 0.2) is 12.0 Å². The molecule has 1 saturated heterocycles. The van der Waals surface area contributed by atoms with Crippen LogP contribution in [0.1, 0.15) is 24.6 Å².